The second-order valence-electron chi connectivity index (χ2n) is 5.89. The lowest BCUT2D eigenvalue weighted by molar-refractivity contribution is -0.150. The molecule has 0 fully saturated rings. The highest BCUT2D eigenvalue weighted by Crippen LogP contribution is 2.51. The molecule has 2 aliphatic carbocycles. The maximum Gasteiger partial charge on any atom is 0.320 e. The molecule has 2 rings (SSSR count). The summed E-state index contributed by atoms with van der Waals surface area (Å²) in [5.74, 6) is -1.73. The lowest BCUT2D eigenvalue weighted by atomic mass is 9.60. The Labute approximate surface area is 135 Å². The average Bonchev–Trinajstić information content (AvgIpc) is 2.56. The summed E-state index contributed by atoms with van der Waals surface area (Å²) < 4.78 is 4.98. The number of carbonyl (C=O) groups is 3. The third-order valence-electron chi connectivity index (χ3n) is 4.63. The first-order chi connectivity index (χ1) is 10.9. The Morgan fingerprint density at radius 2 is 2.22 bits per heavy atom. The molecule has 0 spiro atoms. The molecule has 23 heavy (non-hydrogen) atoms. The first kappa shape index (κ1) is 16.9. The first-order valence-electron chi connectivity index (χ1n) is 7.41. The van der Waals surface area contributed by atoms with Gasteiger partial charge in [-0.2, -0.15) is 0 Å². The van der Waals surface area contributed by atoms with E-state index in [9.17, 15) is 19.5 Å². The Bertz CT molecular complexity index is 678. The van der Waals surface area contributed by atoms with Gasteiger partial charge in [0, 0.05) is 11.5 Å². The van der Waals surface area contributed by atoms with E-state index in [4.69, 9.17) is 4.74 Å². The van der Waals surface area contributed by atoms with Gasteiger partial charge in [0.05, 0.1) is 7.11 Å². The number of aliphatic hydroxyl groups is 1. The van der Waals surface area contributed by atoms with E-state index in [2.05, 4.69) is 0 Å². The van der Waals surface area contributed by atoms with Crippen molar-refractivity contribution in [1.29, 1.82) is 0 Å². The minimum Gasteiger partial charge on any atom is -0.504 e. The van der Waals surface area contributed by atoms with Crippen molar-refractivity contribution in [2.45, 2.75) is 26.7 Å². The van der Waals surface area contributed by atoms with Crippen LogP contribution in [-0.4, -0.2) is 30.3 Å². The summed E-state index contributed by atoms with van der Waals surface area (Å²) in [6.45, 7) is 3.59. The van der Waals surface area contributed by atoms with Crippen LogP contribution < -0.4 is 0 Å². The van der Waals surface area contributed by atoms with Crippen molar-refractivity contribution in [2.24, 2.45) is 11.3 Å². The molecule has 0 radical (unpaired) electrons. The third-order valence-corrected chi connectivity index (χ3v) is 4.63. The minimum absolute atomic E-state index is 0.315. The standard InChI is InChI=1S/C18H20O5/c1-11(10-19)4-6-13-12(2)5-7-14-16(21)15(20)8-9-18(13,14)17(22)23-3/h4-5,8-10,13,21H,6-7H2,1-3H3/b11-4-. The van der Waals surface area contributed by atoms with E-state index in [1.807, 2.05) is 13.0 Å². The molecule has 0 aromatic carbocycles. The van der Waals surface area contributed by atoms with Crippen LogP contribution in [0.5, 0.6) is 0 Å². The zero-order valence-corrected chi connectivity index (χ0v) is 13.5. The second-order valence-corrected chi connectivity index (χ2v) is 5.89. The molecule has 2 aliphatic rings. The van der Waals surface area contributed by atoms with E-state index in [1.54, 1.807) is 13.0 Å². The molecule has 0 bridgehead atoms. The number of aliphatic hydroxyl groups excluding tert-OH is 1. The zero-order valence-electron chi connectivity index (χ0n) is 13.5. The quantitative estimate of drug-likeness (QED) is 0.373. The molecule has 5 nitrogen and oxygen atoms in total. The number of hydrogen-bond acceptors (Lipinski definition) is 5. The summed E-state index contributed by atoms with van der Waals surface area (Å²) in [4.78, 5) is 35.2. The van der Waals surface area contributed by atoms with Crippen molar-refractivity contribution in [3.8, 4) is 0 Å². The Balaban J connectivity index is 2.62. The Morgan fingerprint density at radius 3 is 2.83 bits per heavy atom. The van der Waals surface area contributed by atoms with Crippen LogP contribution in [0.4, 0.5) is 0 Å². The monoisotopic (exact) mass is 316 g/mol. The van der Waals surface area contributed by atoms with Crippen molar-refractivity contribution < 1.29 is 24.2 Å². The van der Waals surface area contributed by atoms with Crippen LogP contribution >= 0.6 is 0 Å². The molecule has 0 aromatic rings. The summed E-state index contributed by atoms with van der Waals surface area (Å²) in [6, 6.07) is 0. The highest BCUT2D eigenvalue weighted by Gasteiger charge is 2.52. The molecule has 0 saturated carbocycles. The van der Waals surface area contributed by atoms with Crippen LogP contribution in [0, 0.1) is 11.3 Å². The summed E-state index contributed by atoms with van der Waals surface area (Å²) >= 11 is 0. The fourth-order valence-corrected chi connectivity index (χ4v) is 3.31. The predicted octanol–water partition coefficient (Wildman–Crippen LogP) is 2.60. The molecule has 1 N–H and O–H groups in total. The SMILES string of the molecule is COC(=O)C12C=CC(=O)C(O)=C1CC=C(C)C2C/C=C(/C)C=O. The van der Waals surface area contributed by atoms with Crippen LogP contribution in [0.1, 0.15) is 26.7 Å². The number of rotatable bonds is 4. The highest BCUT2D eigenvalue weighted by molar-refractivity contribution is 6.06. The second kappa shape index (κ2) is 6.36. The minimum atomic E-state index is -1.20. The smallest absolute Gasteiger partial charge is 0.320 e. The Morgan fingerprint density at radius 1 is 1.52 bits per heavy atom. The summed E-state index contributed by atoms with van der Waals surface area (Å²) in [5.41, 5.74) is 0.685. The largest absolute Gasteiger partial charge is 0.504 e. The van der Waals surface area contributed by atoms with E-state index in [0.717, 1.165) is 11.9 Å². The summed E-state index contributed by atoms with van der Waals surface area (Å²) in [7, 11) is 1.28. The molecule has 122 valence electrons. The van der Waals surface area contributed by atoms with Crippen molar-refractivity contribution in [3.63, 3.8) is 0 Å². The molecule has 5 heteroatoms. The van der Waals surface area contributed by atoms with Crippen LogP contribution in [0.15, 0.2) is 46.8 Å². The number of methoxy groups -OCH3 is 1. The fraction of sp³-hybridized carbons (Fsp3) is 0.389. The van der Waals surface area contributed by atoms with Gasteiger partial charge in [-0.1, -0.05) is 23.8 Å². The number of carbonyl (C=O) groups excluding carboxylic acids is 3. The first-order valence-corrected chi connectivity index (χ1v) is 7.41. The molecule has 0 aromatic heterocycles. The van der Waals surface area contributed by atoms with Crippen molar-refractivity contribution in [1.82, 2.24) is 0 Å². The van der Waals surface area contributed by atoms with Gasteiger partial charge in [-0.05, 0) is 38.3 Å². The van der Waals surface area contributed by atoms with Crippen molar-refractivity contribution in [3.05, 3.63) is 46.8 Å². The Kier molecular flexibility index (Phi) is 4.68. The van der Waals surface area contributed by atoms with Gasteiger partial charge in [0.1, 0.15) is 11.7 Å². The number of fused-ring (bicyclic) bond motifs is 1. The normalized spacial score (nSPS) is 27.4. The van der Waals surface area contributed by atoms with E-state index in [1.165, 1.54) is 19.3 Å². The topological polar surface area (TPSA) is 80.7 Å². The van der Waals surface area contributed by atoms with Gasteiger partial charge in [-0.25, -0.2) is 0 Å². The van der Waals surface area contributed by atoms with Gasteiger partial charge >= 0.3 is 5.97 Å². The molecule has 0 heterocycles. The number of esters is 1. The van der Waals surface area contributed by atoms with E-state index in [0.29, 0.717) is 24.0 Å². The summed E-state index contributed by atoms with van der Waals surface area (Å²) in [6.07, 6.45) is 7.89. The van der Waals surface area contributed by atoms with Gasteiger partial charge in [0.25, 0.3) is 0 Å². The number of ether oxygens (including phenoxy) is 1. The third kappa shape index (κ3) is 2.67. The zero-order chi connectivity index (χ0) is 17.2. The molecule has 0 saturated heterocycles. The average molecular weight is 316 g/mol. The van der Waals surface area contributed by atoms with Gasteiger partial charge in [-0.15, -0.1) is 0 Å². The van der Waals surface area contributed by atoms with Crippen LogP contribution in [-0.2, 0) is 19.1 Å². The van der Waals surface area contributed by atoms with E-state index >= 15 is 0 Å². The molecular weight excluding hydrogens is 296 g/mol. The van der Waals surface area contributed by atoms with Crippen LogP contribution in [0.25, 0.3) is 0 Å². The molecule has 2 unspecified atom stereocenters. The van der Waals surface area contributed by atoms with Gasteiger partial charge < -0.3 is 9.84 Å². The van der Waals surface area contributed by atoms with Gasteiger partial charge in [-0.3, -0.25) is 14.4 Å². The molecular formula is C18H20O5. The predicted molar refractivity (Wildman–Crippen MR) is 84.6 cm³/mol. The lowest BCUT2D eigenvalue weighted by Crippen LogP contribution is -2.44. The van der Waals surface area contributed by atoms with E-state index in [-0.39, 0.29) is 11.7 Å². The Hall–Kier alpha value is -2.43. The number of aldehydes is 1. The highest BCUT2D eigenvalue weighted by atomic mass is 16.5. The van der Waals surface area contributed by atoms with Crippen molar-refractivity contribution in [2.75, 3.05) is 7.11 Å². The summed E-state index contributed by atoms with van der Waals surface area (Å²) in [5, 5.41) is 10.2. The number of ketones is 1. The van der Waals surface area contributed by atoms with Gasteiger partial charge in [0.2, 0.25) is 5.78 Å². The van der Waals surface area contributed by atoms with E-state index < -0.39 is 17.2 Å². The van der Waals surface area contributed by atoms with Crippen LogP contribution in [0.2, 0.25) is 0 Å². The maximum absolute atomic E-state index is 12.6. The molecule has 0 aliphatic heterocycles. The van der Waals surface area contributed by atoms with Crippen molar-refractivity contribution >= 4 is 18.0 Å². The lowest BCUT2D eigenvalue weighted by Gasteiger charge is -2.42. The number of hydrogen-bond donors (Lipinski definition) is 1. The van der Waals surface area contributed by atoms with Gasteiger partial charge in [0.15, 0.2) is 5.76 Å². The number of allylic oxidation sites excluding steroid dienone is 5. The maximum atomic E-state index is 12.6. The molecule has 2 atom stereocenters. The fourth-order valence-electron chi connectivity index (χ4n) is 3.31. The molecule has 0 amide bonds. The van der Waals surface area contributed by atoms with Crippen LogP contribution in [0.3, 0.4) is 0 Å².